The van der Waals surface area contributed by atoms with Gasteiger partial charge in [0.05, 0.1) is 4.92 Å². The number of hydrogen-bond donors (Lipinski definition) is 2. The monoisotopic (exact) mass is 223 g/mol. The highest BCUT2D eigenvalue weighted by atomic mass is 16.6. The van der Waals surface area contributed by atoms with Crippen LogP contribution in [0, 0.1) is 15.5 Å². The second kappa shape index (κ2) is 5.11. The minimum absolute atomic E-state index is 0.0967. The van der Waals surface area contributed by atoms with Crippen LogP contribution in [-0.2, 0) is 6.42 Å². The average molecular weight is 223 g/mol. The summed E-state index contributed by atoms with van der Waals surface area (Å²) in [4.78, 5) is 10.3. The Hall–Kier alpha value is -2.11. The minimum atomic E-state index is -0.505. The molecule has 0 atom stereocenters. The molecule has 0 aromatic heterocycles. The Morgan fingerprint density at radius 2 is 2.31 bits per heavy atom. The van der Waals surface area contributed by atoms with Gasteiger partial charge in [-0.05, 0) is 18.1 Å². The second-order valence-electron chi connectivity index (χ2n) is 3.23. The average Bonchev–Trinajstić information content (AvgIpc) is 2.25. The fourth-order valence-electron chi connectivity index (χ4n) is 1.20. The summed E-state index contributed by atoms with van der Waals surface area (Å²) in [5.41, 5.74) is 5.88. The Morgan fingerprint density at radius 1 is 1.62 bits per heavy atom. The molecule has 0 aliphatic rings. The minimum Gasteiger partial charge on any atom is -0.479 e. The molecule has 1 aromatic rings. The molecule has 0 heterocycles. The maximum absolute atomic E-state index is 10.8. The summed E-state index contributed by atoms with van der Waals surface area (Å²) in [6.45, 7) is 1.77. The Morgan fingerprint density at radius 3 is 2.81 bits per heavy atom. The predicted octanol–water partition coefficient (Wildman–Crippen LogP) is 1.47. The van der Waals surface area contributed by atoms with Gasteiger partial charge in [0.1, 0.15) is 12.4 Å². The molecule has 0 aliphatic carbocycles. The predicted molar refractivity (Wildman–Crippen MR) is 59.9 cm³/mol. The van der Waals surface area contributed by atoms with E-state index in [-0.39, 0.29) is 23.9 Å². The van der Waals surface area contributed by atoms with Gasteiger partial charge in [0.25, 0.3) is 0 Å². The van der Waals surface area contributed by atoms with Crippen LogP contribution in [0.25, 0.3) is 0 Å². The van der Waals surface area contributed by atoms with E-state index in [2.05, 4.69) is 0 Å². The molecule has 6 heteroatoms. The van der Waals surface area contributed by atoms with Crippen molar-refractivity contribution >= 4 is 11.5 Å². The van der Waals surface area contributed by atoms with E-state index in [1.807, 2.05) is 6.92 Å². The zero-order valence-corrected chi connectivity index (χ0v) is 8.90. The first-order valence-electron chi connectivity index (χ1n) is 4.77. The lowest BCUT2D eigenvalue weighted by atomic mass is 10.1. The highest BCUT2D eigenvalue weighted by Gasteiger charge is 2.15. The molecule has 0 unspecified atom stereocenters. The van der Waals surface area contributed by atoms with Crippen molar-refractivity contribution in [3.05, 3.63) is 33.9 Å². The number of hydrogen-bond acceptors (Lipinski definition) is 4. The molecular weight excluding hydrogens is 210 g/mol. The number of nitro benzene ring substituents is 1. The Kier molecular flexibility index (Phi) is 3.82. The van der Waals surface area contributed by atoms with E-state index in [1.165, 1.54) is 12.1 Å². The number of nitrogens with zero attached hydrogens (tertiary/aromatic N) is 1. The first-order valence-corrected chi connectivity index (χ1v) is 4.77. The van der Waals surface area contributed by atoms with Crippen LogP contribution in [0.5, 0.6) is 5.75 Å². The summed E-state index contributed by atoms with van der Waals surface area (Å²) in [5, 5.41) is 17.8. The smallest absolute Gasteiger partial charge is 0.311 e. The van der Waals surface area contributed by atoms with Crippen LogP contribution in [0.15, 0.2) is 18.2 Å². The van der Waals surface area contributed by atoms with Crippen LogP contribution in [0.1, 0.15) is 12.5 Å². The zero-order chi connectivity index (χ0) is 12.1. The molecule has 0 aliphatic heterocycles. The van der Waals surface area contributed by atoms with Crippen molar-refractivity contribution in [2.75, 3.05) is 6.61 Å². The lowest BCUT2D eigenvalue weighted by Crippen LogP contribution is -2.19. The molecule has 6 nitrogen and oxygen atoms in total. The molecule has 0 saturated carbocycles. The van der Waals surface area contributed by atoms with Crippen LogP contribution in [0.2, 0.25) is 0 Å². The maximum atomic E-state index is 10.8. The third-order valence-electron chi connectivity index (χ3n) is 2.01. The number of nitro groups is 1. The highest BCUT2D eigenvalue weighted by Crippen LogP contribution is 2.27. The van der Waals surface area contributed by atoms with Gasteiger partial charge in [0.2, 0.25) is 0 Å². The third-order valence-corrected chi connectivity index (χ3v) is 2.01. The summed E-state index contributed by atoms with van der Waals surface area (Å²) in [6, 6.07) is 4.75. The van der Waals surface area contributed by atoms with Gasteiger partial charge in [-0.2, -0.15) is 0 Å². The molecule has 1 aromatic carbocycles. The molecule has 1 rings (SSSR count). The quantitative estimate of drug-likeness (QED) is 0.341. The van der Waals surface area contributed by atoms with Crippen molar-refractivity contribution in [1.82, 2.24) is 0 Å². The molecule has 16 heavy (non-hydrogen) atoms. The number of amidine groups is 1. The molecule has 0 saturated heterocycles. The lowest BCUT2D eigenvalue weighted by Gasteiger charge is -2.06. The Labute approximate surface area is 92.7 Å². The first kappa shape index (κ1) is 12.0. The molecule has 0 bridgehead atoms. The Bertz CT molecular complexity index is 418. The summed E-state index contributed by atoms with van der Waals surface area (Å²) >= 11 is 0. The third kappa shape index (κ3) is 2.94. The molecule has 86 valence electrons. The summed E-state index contributed by atoms with van der Waals surface area (Å²) in [5.74, 6) is -0.0359. The molecule has 0 amide bonds. The largest absolute Gasteiger partial charge is 0.479 e. The van der Waals surface area contributed by atoms with Gasteiger partial charge in [-0.1, -0.05) is 13.0 Å². The van der Waals surface area contributed by atoms with Gasteiger partial charge >= 0.3 is 5.69 Å². The van der Waals surface area contributed by atoms with Crippen molar-refractivity contribution in [3.8, 4) is 5.75 Å². The van der Waals surface area contributed by atoms with E-state index in [4.69, 9.17) is 15.9 Å². The fraction of sp³-hybridized carbons (Fsp3) is 0.300. The number of rotatable bonds is 5. The first-order chi connectivity index (χ1) is 7.54. The molecular formula is C10H13N3O3. The van der Waals surface area contributed by atoms with Gasteiger partial charge in [-0.15, -0.1) is 0 Å². The number of aryl methyl sites for hydroxylation is 1. The number of nitrogens with one attached hydrogen (secondary N) is 1. The van der Waals surface area contributed by atoms with Gasteiger partial charge in [-0.3, -0.25) is 15.5 Å². The second-order valence-corrected chi connectivity index (χ2v) is 3.23. The Balaban J connectivity index is 2.98. The standard InChI is InChI=1S/C10H13N3O3/c1-2-7-3-4-9(16-6-10(11)12)8(5-7)13(14)15/h3-5H,2,6H2,1H3,(H3,11,12). The van der Waals surface area contributed by atoms with Crippen molar-refractivity contribution in [1.29, 1.82) is 5.41 Å². The molecule has 0 spiro atoms. The summed E-state index contributed by atoms with van der Waals surface area (Å²) < 4.78 is 5.07. The van der Waals surface area contributed by atoms with E-state index in [0.29, 0.717) is 6.42 Å². The van der Waals surface area contributed by atoms with Crippen molar-refractivity contribution in [3.63, 3.8) is 0 Å². The molecule has 0 radical (unpaired) electrons. The number of benzene rings is 1. The van der Waals surface area contributed by atoms with Crippen molar-refractivity contribution in [2.24, 2.45) is 5.73 Å². The van der Waals surface area contributed by atoms with E-state index < -0.39 is 4.92 Å². The lowest BCUT2D eigenvalue weighted by molar-refractivity contribution is -0.385. The highest BCUT2D eigenvalue weighted by molar-refractivity contribution is 5.78. The van der Waals surface area contributed by atoms with Crippen LogP contribution < -0.4 is 10.5 Å². The van der Waals surface area contributed by atoms with Gasteiger partial charge in [0, 0.05) is 6.07 Å². The van der Waals surface area contributed by atoms with Crippen LogP contribution in [0.4, 0.5) is 5.69 Å². The van der Waals surface area contributed by atoms with E-state index in [0.717, 1.165) is 5.56 Å². The summed E-state index contributed by atoms with van der Waals surface area (Å²) in [7, 11) is 0. The normalized spacial score (nSPS) is 9.81. The van der Waals surface area contributed by atoms with Crippen molar-refractivity contribution in [2.45, 2.75) is 13.3 Å². The van der Waals surface area contributed by atoms with Gasteiger partial charge < -0.3 is 10.5 Å². The number of nitrogens with two attached hydrogens (primary N) is 1. The van der Waals surface area contributed by atoms with E-state index in [1.54, 1.807) is 6.07 Å². The SMILES string of the molecule is CCc1ccc(OCC(=N)N)c([N+](=O)[O-])c1. The van der Waals surface area contributed by atoms with Gasteiger partial charge in [-0.25, -0.2) is 0 Å². The summed E-state index contributed by atoms with van der Waals surface area (Å²) in [6.07, 6.45) is 0.716. The fourth-order valence-corrected chi connectivity index (χ4v) is 1.20. The van der Waals surface area contributed by atoms with Crippen LogP contribution in [0.3, 0.4) is 0 Å². The van der Waals surface area contributed by atoms with Crippen LogP contribution >= 0.6 is 0 Å². The van der Waals surface area contributed by atoms with Crippen LogP contribution in [-0.4, -0.2) is 17.4 Å². The number of ether oxygens (including phenoxy) is 1. The van der Waals surface area contributed by atoms with E-state index in [9.17, 15) is 10.1 Å². The maximum Gasteiger partial charge on any atom is 0.311 e. The van der Waals surface area contributed by atoms with Crippen molar-refractivity contribution < 1.29 is 9.66 Å². The van der Waals surface area contributed by atoms with Gasteiger partial charge in [0.15, 0.2) is 5.75 Å². The van der Waals surface area contributed by atoms with E-state index >= 15 is 0 Å². The zero-order valence-electron chi connectivity index (χ0n) is 8.90. The molecule has 0 fully saturated rings. The topological polar surface area (TPSA) is 102 Å². The molecule has 3 N–H and O–H groups in total.